The van der Waals surface area contributed by atoms with E-state index in [1.54, 1.807) is 18.2 Å². The second-order valence-corrected chi connectivity index (χ2v) is 6.31. The van der Waals surface area contributed by atoms with Crippen molar-refractivity contribution in [1.29, 1.82) is 0 Å². The maximum Gasteiger partial charge on any atom is 0.263 e. The number of fused-ring (bicyclic) bond motifs is 1. The molecule has 1 amide bonds. The first-order chi connectivity index (χ1) is 13.3. The Kier molecular flexibility index (Phi) is 4.96. The van der Waals surface area contributed by atoms with Crippen molar-refractivity contribution < 1.29 is 9.53 Å². The highest BCUT2D eigenvalue weighted by atomic mass is 16.5. The first-order valence-electron chi connectivity index (χ1n) is 8.96. The fourth-order valence-electron chi connectivity index (χ4n) is 3.15. The molecule has 6 heteroatoms. The summed E-state index contributed by atoms with van der Waals surface area (Å²) in [5, 5.41) is 11.1. The van der Waals surface area contributed by atoms with Crippen molar-refractivity contribution in [2.45, 2.75) is 12.8 Å². The van der Waals surface area contributed by atoms with E-state index >= 15 is 0 Å². The quantitative estimate of drug-likeness (QED) is 0.753. The monoisotopic (exact) mass is 360 g/mol. The molecule has 0 unspecified atom stereocenters. The van der Waals surface area contributed by atoms with E-state index in [1.807, 2.05) is 30.3 Å². The van der Waals surface area contributed by atoms with Gasteiger partial charge in [-0.1, -0.05) is 36.4 Å². The third kappa shape index (κ3) is 4.06. The molecule has 0 fully saturated rings. The van der Waals surface area contributed by atoms with E-state index in [2.05, 4.69) is 38.6 Å². The molecule has 2 heterocycles. The molecule has 0 spiro atoms. The summed E-state index contributed by atoms with van der Waals surface area (Å²) >= 11 is 0. The minimum atomic E-state index is -0.274. The van der Waals surface area contributed by atoms with Crippen molar-refractivity contribution >= 4 is 23.2 Å². The summed E-state index contributed by atoms with van der Waals surface area (Å²) in [6, 6.07) is 21.2. The van der Waals surface area contributed by atoms with Crippen LogP contribution in [0.15, 0.2) is 66.7 Å². The molecule has 4 rings (SSSR count). The van der Waals surface area contributed by atoms with Crippen molar-refractivity contribution in [2.75, 3.05) is 23.4 Å². The standard InChI is InChI=1S/C21H20N4O2/c26-21(15-27-17-9-2-1-3-10-17)22-19-12-13-20(24-23-19)25-14-6-8-16-7-4-5-11-18(16)25/h1-5,7,9-13H,6,8,14-15H2,(H,22,23,26). The Morgan fingerprint density at radius 3 is 2.63 bits per heavy atom. The average Bonchev–Trinajstić information content (AvgIpc) is 2.73. The molecule has 1 aliphatic rings. The summed E-state index contributed by atoms with van der Waals surface area (Å²) in [5.74, 6) is 1.56. The number of nitrogens with zero attached hydrogens (tertiary/aromatic N) is 3. The molecular weight excluding hydrogens is 340 g/mol. The lowest BCUT2D eigenvalue weighted by Crippen LogP contribution is -2.26. The Morgan fingerprint density at radius 2 is 1.81 bits per heavy atom. The number of amides is 1. The van der Waals surface area contributed by atoms with Crippen molar-refractivity contribution in [3.8, 4) is 5.75 Å². The van der Waals surface area contributed by atoms with Crippen molar-refractivity contribution in [3.05, 3.63) is 72.3 Å². The molecule has 0 saturated carbocycles. The number of anilines is 3. The number of aromatic nitrogens is 2. The average molecular weight is 360 g/mol. The second kappa shape index (κ2) is 7.86. The van der Waals surface area contributed by atoms with Gasteiger partial charge in [-0.2, -0.15) is 0 Å². The smallest absolute Gasteiger partial charge is 0.263 e. The fourth-order valence-corrected chi connectivity index (χ4v) is 3.15. The molecule has 27 heavy (non-hydrogen) atoms. The van der Waals surface area contributed by atoms with E-state index in [1.165, 1.54) is 11.3 Å². The molecule has 1 N–H and O–H groups in total. The van der Waals surface area contributed by atoms with E-state index < -0.39 is 0 Å². The molecule has 0 bridgehead atoms. The van der Waals surface area contributed by atoms with Gasteiger partial charge in [0.05, 0.1) is 0 Å². The van der Waals surface area contributed by atoms with E-state index in [-0.39, 0.29) is 12.5 Å². The van der Waals surface area contributed by atoms with Crippen LogP contribution in [0.3, 0.4) is 0 Å². The number of aryl methyl sites for hydroxylation is 1. The summed E-state index contributed by atoms with van der Waals surface area (Å²) in [6.07, 6.45) is 2.16. The van der Waals surface area contributed by atoms with Gasteiger partial charge in [0, 0.05) is 12.2 Å². The number of rotatable bonds is 5. The first-order valence-corrected chi connectivity index (χ1v) is 8.96. The van der Waals surface area contributed by atoms with E-state index in [4.69, 9.17) is 4.74 Å². The zero-order valence-corrected chi connectivity index (χ0v) is 14.8. The SMILES string of the molecule is O=C(COc1ccccc1)Nc1ccc(N2CCCc3ccccc32)nn1. The van der Waals surface area contributed by atoms with Crippen LogP contribution >= 0.6 is 0 Å². The first kappa shape index (κ1) is 17.0. The van der Waals surface area contributed by atoms with Crippen LogP contribution in [-0.4, -0.2) is 29.3 Å². The van der Waals surface area contributed by atoms with Gasteiger partial charge in [-0.3, -0.25) is 4.79 Å². The molecule has 1 aliphatic heterocycles. The summed E-state index contributed by atoms with van der Waals surface area (Å²) in [4.78, 5) is 14.2. The van der Waals surface area contributed by atoms with Crippen LogP contribution < -0.4 is 15.0 Å². The predicted molar refractivity (Wildman–Crippen MR) is 104 cm³/mol. The van der Waals surface area contributed by atoms with Crippen LogP contribution in [0, 0.1) is 0 Å². The minimum Gasteiger partial charge on any atom is -0.484 e. The number of hydrogen-bond acceptors (Lipinski definition) is 5. The zero-order valence-electron chi connectivity index (χ0n) is 14.8. The predicted octanol–water partition coefficient (Wildman–Crippen LogP) is 3.58. The second-order valence-electron chi connectivity index (χ2n) is 6.31. The molecular formula is C21H20N4O2. The summed E-state index contributed by atoms with van der Waals surface area (Å²) < 4.78 is 5.43. The van der Waals surface area contributed by atoms with Crippen LogP contribution in [0.25, 0.3) is 0 Å². The lowest BCUT2D eigenvalue weighted by atomic mass is 10.0. The fraction of sp³-hybridized carbons (Fsp3) is 0.190. The maximum atomic E-state index is 12.0. The maximum absolute atomic E-state index is 12.0. The van der Waals surface area contributed by atoms with E-state index in [0.29, 0.717) is 11.6 Å². The van der Waals surface area contributed by atoms with Crippen LogP contribution in [0.5, 0.6) is 5.75 Å². The normalized spacial score (nSPS) is 13.0. The Labute approximate surface area is 157 Å². The van der Waals surface area contributed by atoms with Gasteiger partial charge < -0.3 is 15.0 Å². The number of nitrogens with one attached hydrogen (secondary N) is 1. The molecule has 136 valence electrons. The van der Waals surface area contributed by atoms with E-state index in [0.717, 1.165) is 25.2 Å². The Morgan fingerprint density at radius 1 is 1.00 bits per heavy atom. The highest BCUT2D eigenvalue weighted by molar-refractivity contribution is 5.91. The molecule has 2 aromatic carbocycles. The van der Waals surface area contributed by atoms with Gasteiger partial charge in [-0.15, -0.1) is 10.2 Å². The highest BCUT2D eigenvalue weighted by Gasteiger charge is 2.19. The topological polar surface area (TPSA) is 67.3 Å². The zero-order chi connectivity index (χ0) is 18.5. The molecule has 1 aromatic heterocycles. The highest BCUT2D eigenvalue weighted by Crippen LogP contribution is 2.31. The summed E-state index contributed by atoms with van der Waals surface area (Å²) in [7, 11) is 0. The molecule has 6 nitrogen and oxygen atoms in total. The van der Waals surface area contributed by atoms with Crippen LogP contribution in [0.4, 0.5) is 17.3 Å². The van der Waals surface area contributed by atoms with Crippen LogP contribution in [-0.2, 0) is 11.2 Å². The van der Waals surface area contributed by atoms with Gasteiger partial charge in [0.15, 0.2) is 18.2 Å². The van der Waals surface area contributed by atoms with Gasteiger partial charge >= 0.3 is 0 Å². The molecule has 0 radical (unpaired) electrons. The molecule has 0 aliphatic carbocycles. The lowest BCUT2D eigenvalue weighted by molar-refractivity contribution is -0.118. The van der Waals surface area contributed by atoms with Crippen molar-refractivity contribution in [2.24, 2.45) is 0 Å². The Hall–Kier alpha value is -3.41. The molecule has 3 aromatic rings. The van der Waals surface area contributed by atoms with E-state index in [9.17, 15) is 4.79 Å². The Bertz CT molecular complexity index is 913. The molecule has 0 saturated heterocycles. The third-order valence-corrected chi connectivity index (χ3v) is 4.42. The number of benzene rings is 2. The minimum absolute atomic E-state index is 0.0764. The van der Waals surface area contributed by atoms with Crippen LogP contribution in [0.1, 0.15) is 12.0 Å². The largest absolute Gasteiger partial charge is 0.484 e. The van der Waals surface area contributed by atoms with Gasteiger partial charge in [-0.25, -0.2) is 0 Å². The van der Waals surface area contributed by atoms with Gasteiger partial charge in [0.1, 0.15) is 5.75 Å². The van der Waals surface area contributed by atoms with Gasteiger partial charge in [0.25, 0.3) is 5.91 Å². The molecule has 0 atom stereocenters. The number of ether oxygens (including phenoxy) is 1. The van der Waals surface area contributed by atoms with Crippen LogP contribution in [0.2, 0.25) is 0 Å². The lowest BCUT2D eigenvalue weighted by Gasteiger charge is -2.29. The number of hydrogen-bond donors (Lipinski definition) is 1. The number of carbonyl (C=O) groups is 1. The number of carbonyl (C=O) groups excluding carboxylic acids is 1. The summed E-state index contributed by atoms with van der Waals surface area (Å²) in [5.41, 5.74) is 2.49. The van der Waals surface area contributed by atoms with Crippen molar-refractivity contribution in [1.82, 2.24) is 10.2 Å². The van der Waals surface area contributed by atoms with Gasteiger partial charge in [0.2, 0.25) is 0 Å². The Balaban J connectivity index is 1.39. The summed E-state index contributed by atoms with van der Waals surface area (Å²) in [6.45, 7) is 0.829. The third-order valence-electron chi connectivity index (χ3n) is 4.42. The van der Waals surface area contributed by atoms with Crippen molar-refractivity contribution in [3.63, 3.8) is 0 Å². The number of para-hydroxylation sites is 2. The van der Waals surface area contributed by atoms with Gasteiger partial charge in [-0.05, 0) is 48.7 Å².